The summed E-state index contributed by atoms with van der Waals surface area (Å²) in [6.45, 7) is 2.18. The van der Waals surface area contributed by atoms with Crippen LogP contribution in [-0.4, -0.2) is 57.2 Å². The Kier molecular flexibility index (Phi) is 4.98. The van der Waals surface area contributed by atoms with E-state index >= 15 is 0 Å². The van der Waals surface area contributed by atoms with Gasteiger partial charge >= 0.3 is 6.36 Å². The standard InChI is InChI=1S/C13H17F3N2O3S/c1-17-6-8-18(9-7-17)22(19,20)10-11-2-4-12(5-3-11)21-13(14,15)16/h2-5H,6-10H2,1H3. The molecule has 0 saturated carbocycles. The fourth-order valence-corrected chi connectivity index (χ4v) is 3.67. The predicted molar refractivity (Wildman–Crippen MR) is 74.8 cm³/mol. The van der Waals surface area contributed by atoms with E-state index in [1.807, 2.05) is 11.9 Å². The molecule has 2 rings (SSSR count). The van der Waals surface area contributed by atoms with Crippen LogP contribution in [0, 0.1) is 0 Å². The highest BCUT2D eigenvalue weighted by atomic mass is 32.2. The fraction of sp³-hybridized carbons (Fsp3) is 0.538. The summed E-state index contributed by atoms with van der Waals surface area (Å²) in [6.07, 6.45) is -4.76. The Balaban J connectivity index is 2.00. The van der Waals surface area contributed by atoms with Gasteiger partial charge in [0.1, 0.15) is 5.75 Å². The molecule has 0 N–H and O–H groups in total. The average Bonchev–Trinajstić information content (AvgIpc) is 2.39. The van der Waals surface area contributed by atoms with Gasteiger partial charge in [-0.05, 0) is 24.7 Å². The minimum absolute atomic E-state index is 0.233. The van der Waals surface area contributed by atoms with E-state index in [0.717, 1.165) is 12.1 Å². The lowest BCUT2D eigenvalue weighted by molar-refractivity contribution is -0.274. The highest BCUT2D eigenvalue weighted by Crippen LogP contribution is 2.23. The molecule has 0 spiro atoms. The van der Waals surface area contributed by atoms with E-state index in [1.165, 1.54) is 16.4 Å². The van der Waals surface area contributed by atoms with Crippen LogP contribution in [0.2, 0.25) is 0 Å². The molecule has 9 heteroatoms. The Bertz CT molecular complexity index is 594. The van der Waals surface area contributed by atoms with Crippen LogP contribution in [0.4, 0.5) is 13.2 Å². The van der Waals surface area contributed by atoms with E-state index in [4.69, 9.17) is 0 Å². The number of hydrogen-bond donors (Lipinski definition) is 0. The Labute approximate surface area is 127 Å². The van der Waals surface area contributed by atoms with Crippen LogP contribution in [0.25, 0.3) is 0 Å². The molecule has 0 radical (unpaired) electrons. The van der Waals surface area contributed by atoms with Crippen molar-refractivity contribution < 1.29 is 26.3 Å². The first-order valence-corrected chi connectivity index (χ1v) is 8.28. The van der Waals surface area contributed by atoms with Crippen LogP contribution >= 0.6 is 0 Å². The monoisotopic (exact) mass is 338 g/mol. The average molecular weight is 338 g/mol. The van der Waals surface area contributed by atoms with Crippen LogP contribution in [0.5, 0.6) is 5.75 Å². The number of sulfonamides is 1. The lowest BCUT2D eigenvalue weighted by atomic mass is 10.2. The quantitative estimate of drug-likeness (QED) is 0.838. The van der Waals surface area contributed by atoms with Crippen LogP contribution in [0.3, 0.4) is 0 Å². The van der Waals surface area contributed by atoms with Gasteiger partial charge < -0.3 is 9.64 Å². The van der Waals surface area contributed by atoms with Crippen molar-refractivity contribution in [2.24, 2.45) is 0 Å². The molecule has 1 fully saturated rings. The number of halogens is 3. The molecular weight excluding hydrogens is 321 g/mol. The smallest absolute Gasteiger partial charge is 0.406 e. The largest absolute Gasteiger partial charge is 0.573 e. The molecule has 5 nitrogen and oxygen atoms in total. The van der Waals surface area contributed by atoms with Gasteiger partial charge in [0.2, 0.25) is 10.0 Å². The molecule has 22 heavy (non-hydrogen) atoms. The number of rotatable bonds is 4. The van der Waals surface area contributed by atoms with E-state index in [0.29, 0.717) is 31.7 Å². The number of piperazine rings is 1. The summed E-state index contributed by atoms with van der Waals surface area (Å²) in [7, 11) is -1.54. The second kappa shape index (κ2) is 6.43. The molecule has 0 bridgehead atoms. The van der Waals surface area contributed by atoms with Crippen molar-refractivity contribution in [2.45, 2.75) is 12.1 Å². The first-order chi connectivity index (χ1) is 10.2. The third-order valence-corrected chi connectivity index (χ3v) is 5.21. The van der Waals surface area contributed by atoms with Crippen molar-refractivity contribution >= 4 is 10.0 Å². The molecule has 1 aromatic carbocycles. The van der Waals surface area contributed by atoms with E-state index < -0.39 is 16.4 Å². The van der Waals surface area contributed by atoms with Gasteiger partial charge in [0.15, 0.2) is 0 Å². The van der Waals surface area contributed by atoms with Gasteiger partial charge in [-0.1, -0.05) is 12.1 Å². The van der Waals surface area contributed by atoms with Crippen molar-refractivity contribution in [2.75, 3.05) is 33.2 Å². The van der Waals surface area contributed by atoms with Crippen LogP contribution < -0.4 is 4.74 Å². The Morgan fingerprint density at radius 3 is 2.14 bits per heavy atom. The van der Waals surface area contributed by atoms with Crippen LogP contribution in [0.15, 0.2) is 24.3 Å². The van der Waals surface area contributed by atoms with E-state index in [-0.39, 0.29) is 11.5 Å². The molecule has 1 aliphatic rings. The first kappa shape index (κ1) is 17.0. The summed E-state index contributed by atoms with van der Waals surface area (Å²) in [5, 5.41) is 0. The summed E-state index contributed by atoms with van der Waals surface area (Å²) < 4.78 is 65.9. The lowest BCUT2D eigenvalue weighted by Crippen LogP contribution is -2.47. The van der Waals surface area contributed by atoms with Gasteiger partial charge in [0.05, 0.1) is 5.75 Å². The van der Waals surface area contributed by atoms with Crippen molar-refractivity contribution in [3.05, 3.63) is 29.8 Å². The van der Waals surface area contributed by atoms with Gasteiger partial charge in [-0.25, -0.2) is 8.42 Å². The molecule has 0 amide bonds. The van der Waals surface area contributed by atoms with E-state index in [2.05, 4.69) is 4.74 Å². The Morgan fingerprint density at radius 1 is 1.09 bits per heavy atom. The van der Waals surface area contributed by atoms with Gasteiger partial charge in [-0.3, -0.25) is 0 Å². The summed E-state index contributed by atoms with van der Waals surface area (Å²) in [5.74, 6) is -0.600. The number of hydrogen-bond acceptors (Lipinski definition) is 4. The SMILES string of the molecule is CN1CCN(S(=O)(=O)Cc2ccc(OC(F)(F)F)cc2)CC1. The summed E-state index contributed by atoms with van der Waals surface area (Å²) in [4.78, 5) is 2.04. The number of likely N-dealkylation sites (N-methyl/N-ethyl adjacent to an activating group) is 1. The first-order valence-electron chi connectivity index (χ1n) is 6.67. The maximum absolute atomic E-state index is 12.3. The molecule has 0 aliphatic carbocycles. The van der Waals surface area contributed by atoms with Crippen molar-refractivity contribution in [3.8, 4) is 5.75 Å². The Morgan fingerprint density at radius 2 is 1.64 bits per heavy atom. The molecular formula is C13H17F3N2O3S. The minimum Gasteiger partial charge on any atom is -0.406 e. The van der Waals surface area contributed by atoms with Gasteiger partial charge in [0.25, 0.3) is 0 Å². The highest BCUT2D eigenvalue weighted by Gasteiger charge is 2.31. The molecule has 1 heterocycles. The zero-order valence-electron chi connectivity index (χ0n) is 12.0. The van der Waals surface area contributed by atoms with Gasteiger partial charge in [-0.2, -0.15) is 4.31 Å². The minimum atomic E-state index is -4.76. The van der Waals surface area contributed by atoms with E-state index in [9.17, 15) is 21.6 Å². The molecule has 0 aromatic heterocycles. The second-order valence-electron chi connectivity index (χ2n) is 5.15. The number of benzene rings is 1. The fourth-order valence-electron chi connectivity index (χ4n) is 2.16. The topological polar surface area (TPSA) is 49.9 Å². The predicted octanol–water partition coefficient (Wildman–Crippen LogP) is 1.66. The number of alkyl halides is 3. The highest BCUT2D eigenvalue weighted by molar-refractivity contribution is 7.88. The van der Waals surface area contributed by atoms with Gasteiger partial charge in [0, 0.05) is 26.2 Å². The lowest BCUT2D eigenvalue weighted by Gasteiger charge is -2.31. The summed E-state index contributed by atoms with van der Waals surface area (Å²) in [5.41, 5.74) is 0.424. The molecule has 1 saturated heterocycles. The molecule has 1 aliphatic heterocycles. The maximum atomic E-state index is 12.3. The van der Waals surface area contributed by atoms with Crippen molar-refractivity contribution in [1.29, 1.82) is 0 Å². The van der Waals surface area contributed by atoms with Crippen molar-refractivity contribution in [1.82, 2.24) is 9.21 Å². The van der Waals surface area contributed by atoms with Crippen molar-refractivity contribution in [3.63, 3.8) is 0 Å². The molecule has 1 aromatic rings. The normalized spacial score (nSPS) is 18.4. The van der Waals surface area contributed by atoms with Crippen LogP contribution in [-0.2, 0) is 15.8 Å². The zero-order chi connectivity index (χ0) is 16.4. The Hall–Kier alpha value is -1.32. The molecule has 0 atom stereocenters. The number of nitrogens with zero attached hydrogens (tertiary/aromatic N) is 2. The summed E-state index contributed by atoms with van der Waals surface area (Å²) in [6, 6.07) is 4.88. The van der Waals surface area contributed by atoms with Crippen LogP contribution in [0.1, 0.15) is 5.56 Å². The zero-order valence-corrected chi connectivity index (χ0v) is 12.8. The second-order valence-corrected chi connectivity index (χ2v) is 7.12. The third kappa shape index (κ3) is 4.85. The molecule has 0 unspecified atom stereocenters. The maximum Gasteiger partial charge on any atom is 0.573 e. The number of ether oxygens (including phenoxy) is 1. The third-order valence-electron chi connectivity index (χ3n) is 3.36. The summed E-state index contributed by atoms with van der Waals surface area (Å²) >= 11 is 0. The molecule has 124 valence electrons. The van der Waals surface area contributed by atoms with E-state index in [1.54, 1.807) is 0 Å². The van der Waals surface area contributed by atoms with Gasteiger partial charge in [-0.15, -0.1) is 13.2 Å².